The quantitative estimate of drug-likeness (QED) is 0.566. The second-order valence-electron chi connectivity index (χ2n) is 7.15. The van der Waals surface area contributed by atoms with E-state index in [1.165, 1.54) is 17.7 Å². The van der Waals surface area contributed by atoms with Crippen LogP contribution in [-0.2, 0) is 21.2 Å². The maximum atomic E-state index is 13.2. The minimum Gasteiger partial charge on any atom is -0.352 e. The smallest absolute Gasteiger partial charge is 0.264 e. The summed E-state index contributed by atoms with van der Waals surface area (Å²) in [4.78, 5) is 12.9. The molecule has 5 nitrogen and oxygen atoms in total. The van der Waals surface area contributed by atoms with E-state index in [0.29, 0.717) is 5.69 Å². The van der Waals surface area contributed by atoms with Gasteiger partial charge in [0.05, 0.1) is 10.6 Å². The topological polar surface area (TPSA) is 66.5 Å². The molecule has 3 aromatic carbocycles. The average molecular weight is 423 g/mol. The number of nitrogens with zero attached hydrogens (tertiary/aromatic N) is 1. The van der Waals surface area contributed by atoms with Crippen LogP contribution < -0.4 is 9.62 Å². The van der Waals surface area contributed by atoms with Gasteiger partial charge in [-0.15, -0.1) is 0 Å². The normalized spacial score (nSPS) is 12.2. The molecule has 0 heterocycles. The predicted molar refractivity (Wildman–Crippen MR) is 120 cm³/mol. The van der Waals surface area contributed by atoms with E-state index in [1.54, 1.807) is 42.5 Å². The van der Waals surface area contributed by atoms with Crippen molar-refractivity contribution in [1.29, 1.82) is 0 Å². The van der Waals surface area contributed by atoms with Crippen molar-refractivity contribution in [2.75, 3.05) is 10.8 Å². The molecule has 0 aliphatic rings. The lowest BCUT2D eigenvalue weighted by atomic mass is 10.1. The number of hydrogen-bond acceptors (Lipinski definition) is 3. The number of carbonyl (C=O) groups excluding carboxylic acids is 1. The first-order chi connectivity index (χ1) is 14.5. The summed E-state index contributed by atoms with van der Waals surface area (Å²) in [6.45, 7) is 1.65. The van der Waals surface area contributed by atoms with E-state index >= 15 is 0 Å². The summed E-state index contributed by atoms with van der Waals surface area (Å²) in [7, 11) is -3.87. The first kappa shape index (κ1) is 21.6. The lowest BCUT2D eigenvalue weighted by molar-refractivity contribution is -0.120. The molecule has 30 heavy (non-hydrogen) atoms. The Balaban J connectivity index is 1.71. The molecule has 0 saturated heterocycles. The molecule has 0 aromatic heterocycles. The highest BCUT2D eigenvalue weighted by Crippen LogP contribution is 2.23. The molecule has 0 bridgehead atoms. The highest BCUT2D eigenvalue weighted by molar-refractivity contribution is 7.92. The Morgan fingerprint density at radius 3 is 2.00 bits per heavy atom. The fourth-order valence-corrected chi connectivity index (χ4v) is 4.62. The monoisotopic (exact) mass is 422 g/mol. The molecule has 0 spiro atoms. The number of sulfonamides is 1. The lowest BCUT2D eigenvalue weighted by Crippen LogP contribution is -2.43. The van der Waals surface area contributed by atoms with E-state index in [4.69, 9.17) is 0 Å². The van der Waals surface area contributed by atoms with Crippen molar-refractivity contribution in [2.24, 2.45) is 0 Å². The fourth-order valence-electron chi connectivity index (χ4n) is 3.18. The number of para-hydroxylation sites is 1. The minimum atomic E-state index is -3.87. The molecule has 0 aliphatic carbocycles. The molecule has 3 aromatic rings. The Labute approximate surface area is 178 Å². The van der Waals surface area contributed by atoms with E-state index in [1.807, 2.05) is 31.2 Å². The number of nitrogens with one attached hydrogen (secondary N) is 1. The van der Waals surface area contributed by atoms with Crippen molar-refractivity contribution >= 4 is 21.6 Å². The van der Waals surface area contributed by atoms with Gasteiger partial charge in [0, 0.05) is 6.04 Å². The largest absolute Gasteiger partial charge is 0.352 e. The molecule has 156 valence electrons. The van der Waals surface area contributed by atoms with Crippen LogP contribution in [0.15, 0.2) is 95.9 Å². The molecule has 1 atom stereocenters. The Bertz CT molecular complexity index is 1040. The summed E-state index contributed by atoms with van der Waals surface area (Å²) in [6.07, 6.45) is 1.61. The molecule has 0 fully saturated rings. The molecule has 0 unspecified atom stereocenters. The van der Waals surface area contributed by atoms with Crippen LogP contribution in [0.25, 0.3) is 0 Å². The Morgan fingerprint density at radius 1 is 0.867 bits per heavy atom. The average Bonchev–Trinajstić information content (AvgIpc) is 2.78. The van der Waals surface area contributed by atoms with Crippen molar-refractivity contribution in [2.45, 2.75) is 30.7 Å². The molecule has 0 radical (unpaired) electrons. The van der Waals surface area contributed by atoms with Gasteiger partial charge in [-0.1, -0.05) is 66.7 Å². The number of aryl methyl sites for hydroxylation is 1. The number of hydrogen-bond donors (Lipinski definition) is 1. The van der Waals surface area contributed by atoms with E-state index in [9.17, 15) is 13.2 Å². The van der Waals surface area contributed by atoms with Crippen LogP contribution in [-0.4, -0.2) is 26.9 Å². The predicted octanol–water partition coefficient (Wildman–Crippen LogP) is 4.02. The molecular formula is C24H26N2O3S. The molecular weight excluding hydrogens is 396 g/mol. The SMILES string of the molecule is C[C@@H](CCc1ccccc1)NC(=O)CN(c1ccccc1)S(=O)(=O)c1ccccc1. The van der Waals surface area contributed by atoms with Crippen molar-refractivity contribution < 1.29 is 13.2 Å². The van der Waals surface area contributed by atoms with Gasteiger partial charge in [0.15, 0.2) is 0 Å². The summed E-state index contributed by atoms with van der Waals surface area (Å²) >= 11 is 0. The third-order valence-corrected chi connectivity index (χ3v) is 6.57. The van der Waals surface area contributed by atoms with E-state index in [2.05, 4.69) is 17.4 Å². The molecule has 1 amide bonds. The van der Waals surface area contributed by atoms with Crippen LogP contribution in [0.1, 0.15) is 18.9 Å². The van der Waals surface area contributed by atoms with Crippen LogP contribution >= 0.6 is 0 Å². The van der Waals surface area contributed by atoms with Crippen molar-refractivity contribution in [3.63, 3.8) is 0 Å². The summed E-state index contributed by atoms with van der Waals surface area (Å²) in [6, 6.07) is 26.8. The van der Waals surface area contributed by atoms with Crippen molar-refractivity contribution in [3.05, 3.63) is 96.6 Å². The van der Waals surface area contributed by atoms with Gasteiger partial charge >= 0.3 is 0 Å². The second kappa shape index (κ2) is 10.1. The number of carbonyl (C=O) groups is 1. The Hall–Kier alpha value is -3.12. The molecule has 6 heteroatoms. The molecule has 0 saturated carbocycles. The number of rotatable bonds is 9. The highest BCUT2D eigenvalue weighted by Gasteiger charge is 2.27. The molecule has 1 N–H and O–H groups in total. The zero-order valence-electron chi connectivity index (χ0n) is 16.9. The number of amides is 1. The summed E-state index contributed by atoms with van der Waals surface area (Å²) in [5.74, 6) is -0.334. The second-order valence-corrected chi connectivity index (χ2v) is 9.02. The Morgan fingerprint density at radius 2 is 1.40 bits per heavy atom. The Kier molecular flexibility index (Phi) is 7.25. The van der Waals surface area contributed by atoms with Crippen LogP contribution in [0.2, 0.25) is 0 Å². The van der Waals surface area contributed by atoms with Gasteiger partial charge in [0.1, 0.15) is 6.54 Å². The van der Waals surface area contributed by atoms with Gasteiger partial charge in [-0.2, -0.15) is 0 Å². The van der Waals surface area contributed by atoms with Gasteiger partial charge in [-0.3, -0.25) is 9.10 Å². The van der Waals surface area contributed by atoms with E-state index < -0.39 is 10.0 Å². The maximum absolute atomic E-state index is 13.2. The minimum absolute atomic E-state index is 0.0743. The van der Waals surface area contributed by atoms with E-state index in [-0.39, 0.29) is 23.4 Å². The van der Waals surface area contributed by atoms with Gasteiger partial charge in [-0.05, 0) is 49.6 Å². The van der Waals surface area contributed by atoms with Crippen molar-refractivity contribution in [1.82, 2.24) is 5.32 Å². The fraction of sp³-hybridized carbons (Fsp3) is 0.208. The standard InChI is InChI=1S/C24H26N2O3S/c1-20(17-18-21-11-5-2-6-12-21)25-24(27)19-26(22-13-7-3-8-14-22)30(28,29)23-15-9-4-10-16-23/h2-16,20H,17-19H2,1H3,(H,25,27)/t20-/m0/s1. The first-order valence-electron chi connectivity index (χ1n) is 9.93. The lowest BCUT2D eigenvalue weighted by Gasteiger charge is -2.25. The van der Waals surface area contributed by atoms with Crippen LogP contribution in [0.4, 0.5) is 5.69 Å². The number of benzene rings is 3. The third-order valence-electron chi connectivity index (χ3n) is 4.78. The molecule has 3 rings (SSSR count). The molecule has 0 aliphatic heterocycles. The summed E-state index contributed by atoms with van der Waals surface area (Å²) in [5.41, 5.74) is 1.66. The van der Waals surface area contributed by atoms with Crippen LogP contribution in [0, 0.1) is 0 Å². The number of anilines is 1. The maximum Gasteiger partial charge on any atom is 0.264 e. The zero-order chi connectivity index (χ0) is 21.4. The van der Waals surface area contributed by atoms with Crippen LogP contribution in [0.5, 0.6) is 0 Å². The third kappa shape index (κ3) is 5.70. The summed E-state index contributed by atoms with van der Waals surface area (Å²) < 4.78 is 27.6. The van der Waals surface area contributed by atoms with Gasteiger partial charge in [0.25, 0.3) is 10.0 Å². The first-order valence-corrected chi connectivity index (χ1v) is 11.4. The van der Waals surface area contributed by atoms with Gasteiger partial charge < -0.3 is 5.32 Å². The van der Waals surface area contributed by atoms with Crippen LogP contribution in [0.3, 0.4) is 0 Å². The zero-order valence-corrected chi connectivity index (χ0v) is 17.8. The van der Waals surface area contributed by atoms with Gasteiger partial charge in [0.2, 0.25) is 5.91 Å². The van der Waals surface area contributed by atoms with Gasteiger partial charge in [-0.25, -0.2) is 8.42 Å². The highest BCUT2D eigenvalue weighted by atomic mass is 32.2. The van der Waals surface area contributed by atoms with Crippen molar-refractivity contribution in [3.8, 4) is 0 Å². The summed E-state index contributed by atoms with van der Waals surface area (Å²) in [5, 5.41) is 2.93. The van der Waals surface area contributed by atoms with E-state index in [0.717, 1.165) is 17.1 Å².